The van der Waals surface area contributed by atoms with E-state index in [4.69, 9.17) is 9.47 Å². The minimum absolute atomic E-state index is 0.0126. The molecule has 0 radical (unpaired) electrons. The van der Waals surface area contributed by atoms with Gasteiger partial charge < -0.3 is 29.9 Å². The van der Waals surface area contributed by atoms with E-state index in [1.807, 2.05) is 21.0 Å². The quantitative estimate of drug-likeness (QED) is 0.533. The summed E-state index contributed by atoms with van der Waals surface area (Å²) in [5, 5.41) is 5.80. The van der Waals surface area contributed by atoms with Gasteiger partial charge in [-0.15, -0.1) is 0 Å². The molecule has 0 aliphatic carbocycles. The summed E-state index contributed by atoms with van der Waals surface area (Å²) in [6.07, 6.45) is 3.31. The van der Waals surface area contributed by atoms with Gasteiger partial charge >= 0.3 is 0 Å². The zero-order valence-electron chi connectivity index (χ0n) is 20.8. The molecule has 0 bridgehead atoms. The van der Waals surface area contributed by atoms with Crippen LogP contribution >= 0.6 is 0 Å². The van der Waals surface area contributed by atoms with E-state index in [0.717, 1.165) is 25.8 Å². The van der Waals surface area contributed by atoms with Crippen molar-refractivity contribution >= 4 is 23.4 Å². The second-order valence-corrected chi connectivity index (χ2v) is 9.39. The average Bonchev–Trinajstić information content (AvgIpc) is 2.79. The SMILES string of the molecule is CCCC(=O)Nc1ccc2c(c1)C(=O)N(C)[C@H]1CC[C@H](CC(=O)NCCCN(C)C)O[C@@H]1CO2. The van der Waals surface area contributed by atoms with Crippen molar-refractivity contribution < 1.29 is 23.9 Å². The third-order valence-corrected chi connectivity index (χ3v) is 6.29. The van der Waals surface area contributed by atoms with Crippen LogP contribution < -0.4 is 15.4 Å². The molecule has 2 N–H and O–H groups in total. The monoisotopic (exact) mass is 474 g/mol. The topological polar surface area (TPSA) is 100 Å². The molecule has 3 atom stereocenters. The van der Waals surface area contributed by atoms with Gasteiger partial charge in [-0.1, -0.05) is 6.92 Å². The molecule has 2 heterocycles. The highest BCUT2D eigenvalue weighted by Crippen LogP contribution is 2.32. The van der Waals surface area contributed by atoms with Crippen LogP contribution in [0.1, 0.15) is 55.8 Å². The first-order valence-electron chi connectivity index (χ1n) is 12.2. The van der Waals surface area contributed by atoms with Crippen LogP contribution in [-0.4, -0.2) is 86.6 Å². The molecule has 9 nitrogen and oxygen atoms in total. The first-order chi connectivity index (χ1) is 16.3. The fourth-order valence-corrected chi connectivity index (χ4v) is 4.46. The largest absolute Gasteiger partial charge is 0.490 e. The van der Waals surface area contributed by atoms with E-state index in [1.165, 1.54) is 0 Å². The third-order valence-electron chi connectivity index (χ3n) is 6.29. The number of rotatable bonds is 9. The maximum atomic E-state index is 13.3. The third kappa shape index (κ3) is 6.93. The van der Waals surface area contributed by atoms with Crippen molar-refractivity contribution in [2.45, 2.75) is 63.7 Å². The average molecular weight is 475 g/mol. The lowest BCUT2D eigenvalue weighted by Crippen LogP contribution is -2.54. The Morgan fingerprint density at radius 3 is 2.74 bits per heavy atom. The van der Waals surface area contributed by atoms with E-state index in [0.29, 0.717) is 42.8 Å². The zero-order valence-corrected chi connectivity index (χ0v) is 20.8. The molecule has 3 amide bonds. The number of anilines is 1. The van der Waals surface area contributed by atoms with Crippen LogP contribution in [0.25, 0.3) is 0 Å². The maximum absolute atomic E-state index is 13.3. The maximum Gasteiger partial charge on any atom is 0.257 e. The van der Waals surface area contributed by atoms with Crippen molar-refractivity contribution in [3.05, 3.63) is 23.8 Å². The van der Waals surface area contributed by atoms with Gasteiger partial charge in [-0.25, -0.2) is 0 Å². The van der Waals surface area contributed by atoms with E-state index < -0.39 is 0 Å². The molecule has 0 spiro atoms. The van der Waals surface area contributed by atoms with Gasteiger partial charge in [0.1, 0.15) is 18.5 Å². The van der Waals surface area contributed by atoms with Gasteiger partial charge in [0.25, 0.3) is 5.91 Å². The van der Waals surface area contributed by atoms with Crippen LogP contribution in [0.2, 0.25) is 0 Å². The second-order valence-electron chi connectivity index (χ2n) is 9.39. The number of benzene rings is 1. The van der Waals surface area contributed by atoms with Crippen molar-refractivity contribution in [2.75, 3.05) is 46.2 Å². The number of carbonyl (C=O) groups excluding carboxylic acids is 3. The molecule has 1 aromatic carbocycles. The molecule has 188 valence electrons. The summed E-state index contributed by atoms with van der Waals surface area (Å²) >= 11 is 0. The minimum atomic E-state index is -0.314. The molecule has 3 rings (SSSR count). The van der Waals surface area contributed by atoms with Gasteiger partial charge in [0.15, 0.2) is 0 Å². The predicted octanol–water partition coefficient (Wildman–Crippen LogP) is 2.26. The van der Waals surface area contributed by atoms with E-state index in [9.17, 15) is 14.4 Å². The van der Waals surface area contributed by atoms with Crippen molar-refractivity contribution in [3.8, 4) is 5.75 Å². The van der Waals surface area contributed by atoms with Crippen LogP contribution in [0.4, 0.5) is 5.69 Å². The summed E-state index contributed by atoms with van der Waals surface area (Å²) in [5.74, 6) is 0.204. The lowest BCUT2D eigenvalue weighted by atomic mass is 9.94. The van der Waals surface area contributed by atoms with Gasteiger partial charge in [-0.05, 0) is 64.5 Å². The molecule has 34 heavy (non-hydrogen) atoms. The highest BCUT2D eigenvalue weighted by molar-refractivity contribution is 5.99. The Kier molecular flexibility index (Phi) is 9.29. The highest BCUT2D eigenvalue weighted by atomic mass is 16.5. The molecule has 9 heteroatoms. The Morgan fingerprint density at radius 2 is 2.00 bits per heavy atom. The Bertz CT molecular complexity index is 875. The van der Waals surface area contributed by atoms with E-state index in [-0.39, 0.29) is 42.6 Å². The molecular formula is C25H38N4O5. The number of hydrogen-bond donors (Lipinski definition) is 2. The van der Waals surface area contributed by atoms with Crippen LogP contribution in [0.15, 0.2) is 18.2 Å². The first-order valence-corrected chi connectivity index (χ1v) is 12.2. The number of hydrogen-bond acceptors (Lipinski definition) is 6. The second kappa shape index (κ2) is 12.2. The Morgan fingerprint density at radius 1 is 1.21 bits per heavy atom. The number of likely N-dealkylation sites (N-methyl/N-ethyl adjacent to an activating group) is 1. The van der Waals surface area contributed by atoms with Crippen LogP contribution in [0.5, 0.6) is 5.75 Å². The number of ether oxygens (including phenoxy) is 2. The molecule has 2 aliphatic heterocycles. The predicted molar refractivity (Wildman–Crippen MR) is 130 cm³/mol. The van der Waals surface area contributed by atoms with Crippen LogP contribution in [-0.2, 0) is 14.3 Å². The van der Waals surface area contributed by atoms with E-state index in [1.54, 1.807) is 30.1 Å². The number of carbonyl (C=O) groups is 3. The number of amides is 3. The van der Waals surface area contributed by atoms with Gasteiger partial charge in [0.2, 0.25) is 11.8 Å². The van der Waals surface area contributed by atoms with E-state index >= 15 is 0 Å². The van der Waals surface area contributed by atoms with Gasteiger partial charge in [-0.2, -0.15) is 0 Å². The van der Waals surface area contributed by atoms with Crippen LogP contribution in [0.3, 0.4) is 0 Å². The minimum Gasteiger partial charge on any atom is -0.490 e. The number of fused-ring (bicyclic) bond motifs is 2. The molecule has 0 aromatic heterocycles. The zero-order chi connectivity index (χ0) is 24.7. The van der Waals surface area contributed by atoms with Gasteiger partial charge in [0, 0.05) is 25.7 Å². The molecule has 0 unspecified atom stereocenters. The summed E-state index contributed by atoms with van der Waals surface area (Å²) in [6, 6.07) is 4.99. The molecule has 1 fully saturated rings. The molecule has 2 aliphatic rings. The number of nitrogens with one attached hydrogen (secondary N) is 2. The Hall–Kier alpha value is -2.65. The fourth-order valence-electron chi connectivity index (χ4n) is 4.46. The first kappa shape index (κ1) is 26.0. The summed E-state index contributed by atoms with van der Waals surface area (Å²) in [4.78, 5) is 41.4. The lowest BCUT2D eigenvalue weighted by Gasteiger charge is -2.42. The number of nitrogens with zero attached hydrogens (tertiary/aromatic N) is 2. The molecule has 0 saturated carbocycles. The lowest BCUT2D eigenvalue weighted by molar-refractivity contribution is -0.134. The van der Waals surface area contributed by atoms with Crippen molar-refractivity contribution in [1.82, 2.24) is 15.1 Å². The fraction of sp³-hybridized carbons (Fsp3) is 0.640. The standard InChI is InChI=1S/C25H38N4O5/c1-5-7-23(30)27-17-8-11-21-19(14-17)25(32)29(4)20-10-9-18(34-22(20)16-33-21)15-24(31)26-12-6-13-28(2)3/h8,11,14,18,20,22H,5-7,9-10,12-13,15-16H2,1-4H3,(H,26,31)(H,27,30)/t18-,20+,22-/m1/s1. The molecule has 1 saturated heterocycles. The van der Waals surface area contributed by atoms with Gasteiger partial charge in [-0.3, -0.25) is 14.4 Å². The normalized spacial score (nSPS) is 22.2. The Balaban J connectivity index is 1.61. The van der Waals surface area contributed by atoms with E-state index in [2.05, 4.69) is 15.5 Å². The summed E-state index contributed by atoms with van der Waals surface area (Å²) < 4.78 is 12.2. The van der Waals surface area contributed by atoms with Crippen molar-refractivity contribution in [2.24, 2.45) is 0 Å². The highest BCUT2D eigenvalue weighted by Gasteiger charge is 2.39. The summed E-state index contributed by atoms with van der Waals surface area (Å²) in [6.45, 7) is 3.81. The van der Waals surface area contributed by atoms with Crippen molar-refractivity contribution in [1.29, 1.82) is 0 Å². The van der Waals surface area contributed by atoms with Crippen LogP contribution in [0, 0.1) is 0 Å². The summed E-state index contributed by atoms with van der Waals surface area (Å²) in [5.41, 5.74) is 1.01. The smallest absolute Gasteiger partial charge is 0.257 e. The van der Waals surface area contributed by atoms with Crippen molar-refractivity contribution in [3.63, 3.8) is 0 Å². The molecule has 1 aromatic rings. The van der Waals surface area contributed by atoms with Gasteiger partial charge in [0.05, 0.1) is 24.1 Å². The molecular weight excluding hydrogens is 436 g/mol. The Labute approximate surface area is 202 Å². The summed E-state index contributed by atoms with van der Waals surface area (Å²) in [7, 11) is 5.80.